The second-order valence-electron chi connectivity index (χ2n) is 7.56. The Kier molecular flexibility index (Phi) is 6.49. The zero-order valence-corrected chi connectivity index (χ0v) is 19.2. The normalized spacial score (nSPS) is 18.5. The van der Waals surface area contributed by atoms with E-state index >= 15 is 0 Å². The Hall–Kier alpha value is -2.57. The Morgan fingerprint density at radius 1 is 1.23 bits per heavy atom. The third kappa shape index (κ3) is 4.27. The molecule has 31 heavy (non-hydrogen) atoms. The highest BCUT2D eigenvalue weighted by Gasteiger charge is 2.38. The SMILES string of the molecule is CCN1C(=S)NC(c2cccc(OC)c2OCc2cccc(Cl)c2)C2=C1CCCC2=O. The van der Waals surface area contributed by atoms with Crippen molar-refractivity contribution in [2.24, 2.45) is 0 Å². The monoisotopic (exact) mass is 456 g/mol. The minimum atomic E-state index is -0.373. The summed E-state index contributed by atoms with van der Waals surface area (Å²) >= 11 is 11.8. The van der Waals surface area contributed by atoms with Crippen LogP contribution < -0.4 is 14.8 Å². The van der Waals surface area contributed by atoms with Gasteiger partial charge in [-0.3, -0.25) is 4.79 Å². The van der Waals surface area contributed by atoms with Gasteiger partial charge < -0.3 is 19.7 Å². The van der Waals surface area contributed by atoms with Gasteiger partial charge in [-0.25, -0.2) is 0 Å². The van der Waals surface area contributed by atoms with Crippen molar-refractivity contribution >= 4 is 34.7 Å². The number of halogens is 1. The molecule has 0 amide bonds. The summed E-state index contributed by atoms with van der Waals surface area (Å²) in [6.45, 7) is 3.09. The van der Waals surface area contributed by atoms with Gasteiger partial charge in [0.2, 0.25) is 0 Å². The largest absolute Gasteiger partial charge is 0.493 e. The average molecular weight is 457 g/mol. The summed E-state index contributed by atoms with van der Waals surface area (Å²) in [6, 6.07) is 12.9. The van der Waals surface area contributed by atoms with Gasteiger partial charge in [-0.2, -0.15) is 0 Å². The number of nitrogens with zero attached hydrogens (tertiary/aromatic N) is 1. The van der Waals surface area contributed by atoms with Crippen molar-refractivity contribution in [1.29, 1.82) is 0 Å². The van der Waals surface area contributed by atoms with E-state index in [-0.39, 0.29) is 11.8 Å². The lowest BCUT2D eigenvalue weighted by Gasteiger charge is -2.40. The van der Waals surface area contributed by atoms with Crippen LogP contribution in [0.25, 0.3) is 0 Å². The Morgan fingerprint density at radius 3 is 2.77 bits per heavy atom. The number of benzene rings is 2. The van der Waals surface area contributed by atoms with Crippen molar-refractivity contribution in [3.8, 4) is 11.5 Å². The van der Waals surface area contributed by atoms with Crippen LogP contribution in [0.15, 0.2) is 53.7 Å². The van der Waals surface area contributed by atoms with Crippen molar-refractivity contribution in [3.05, 3.63) is 69.9 Å². The number of ketones is 1. The minimum Gasteiger partial charge on any atom is -0.493 e. The molecule has 0 radical (unpaired) electrons. The number of ether oxygens (including phenoxy) is 2. The van der Waals surface area contributed by atoms with E-state index in [1.54, 1.807) is 7.11 Å². The van der Waals surface area contributed by atoms with Crippen molar-refractivity contribution in [3.63, 3.8) is 0 Å². The average Bonchev–Trinajstić information content (AvgIpc) is 2.77. The molecular formula is C24H25ClN2O3S. The van der Waals surface area contributed by atoms with Gasteiger partial charge in [-0.1, -0.05) is 35.9 Å². The van der Waals surface area contributed by atoms with Crippen LogP contribution >= 0.6 is 23.8 Å². The van der Waals surface area contributed by atoms with Gasteiger partial charge in [0.25, 0.3) is 0 Å². The summed E-state index contributed by atoms with van der Waals surface area (Å²) in [4.78, 5) is 15.0. The zero-order chi connectivity index (χ0) is 22.0. The quantitative estimate of drug-likeness (QED) is 0.604. The number of methoxy groups -OCH3 is 1. The number of nitrogens with one attached hydrogen (secondary N) is 1. The van der Waals surface area contributed by atoms with Crippen LogP contribution in [0.2, 0.25) is 5.02 Å². The number of allylic oxidation sites excluding steroid dienone is 1. The molecule has 0 spiro atoms. The number of carbonyl (C=O) groups is 1. The van der Waals surface area contributed by atoms with Crippen LogP contribution in [0.1, 0.15) is 43.4 Å². The Labute approximate surface area is 193 Å². The fraction of sp³-hybridized carbons (Fsp3) is 0.333. The van der Waals surface area contributed by atoms with Gasteiger partial charge in [0.15, 0.2) is 22.4 Å². The van der Waals surface area contributed by atoms with Crippen LogP contribution in [0.4, 0.5) is 0 Å². The standard InChI is InChI=1S/C24H25ClN2O3S/c1-3-27-18-10-6-11-19(28)21(18)22(26-24(27)31)17-9-5-12-20(29-2)23(17)30-14-15-7-4-8-16(25)13-15/h4-5,7-9,12-13,22H,3,6,10-11,14H2,1-2H3,(H,26,31). The third-order valence-corrected chi connectivity index (χ3v) is 6.26. The predicted molar refractivity (Wildman–Crippen MR) is 126 cm³/mol. The van der Waals surface area contributed by atoms with E-state index in [4.69, 9.17) is 33.3 Å². The first-order valence-electron chi connectivity index (χ1n) is 10.4. The molecule has 5 nitrogen and oxygen atoms in total. The molecule has 1 heterocycles. The van der Waals surface area contributed by atoms with Crippen LogP contribution in [0.3, 0.4) is 0 Å². The van der Waals surface area contributed by atoms with E-state index in [1.165, 1.54) is 0 Å². The van der Waals surface area contributed by atoms with Gasteiger partial charge in [0.05, 0.1) is 13.2 Å². The highest BCUT2D eigenvalue weighted by atomic mass is 35.5. The van der Waals surface area contributed by atoms with Crippen molar-refractivity contribution < 1.29 is 14.3 Å². The molecule has 1 aliphatic carbocycles. The van der Waals surface area contributed by atoms with E-state index in [0.29, 0.717) is 34.7 Å². The molecular weight excluding hydrogens is 432 g/mol. The van der Waals surface area contributed by atoms with E-state index in [1.807, 2.05) is 54.3 Å². The molecule has 2 aromatic rings. The smallest absolute Gasteiger partial charge is 0.173 e. The molecule has 2 aliphatic rings. The molecule has 162 valence electrons. The topological polar surface area (TPSA) is 50.8 Å². The van der Waals surface area contributed by atoms with Crippen molar-refractivity contribution in [1.82, 2.24) is 10.2 Å². The summed E-state index contributed by atoms with van der Waals surface area (Å²) < 4.78 is 11.8. The maximum Gasteiger partial charge on any atom is 0.173 e. The molecule has 1 aliphatic heterocycles. The molecule has 0 aromatic heterocycles. The molecule has 0 fully saturated rings. The van der Waals surface area contributed by atoms with E-state index in [9.17, 15) is 4.79 Å². The molecule has 1 atom stereocenters. The number of rotatable bonds is 6. The molecule has 0 bridgehead atoms. The predicted octanol–water partition coefficient (Wildman–Crippen LogP) is 5.19. The minimum absolute atomic E-state index is 0.156. The molecule has 0 saturated heterocycles. The third-order valence-electron chi connectivity index (χ3n) is 5.68. The van der Waals surface area contributed by atoms with Crippen LogP contribution in [0, 0.1) is 0 Å². The van der Waals surface area contributed by atoms with Crippen LogP contribution in [-0.2, 0) is 11.4 Å². The van der Waals surface area contributed by atoms with E-state index < -0.39 is 0 Å². The van der Waals surface area contributed by atoms with Crippen molar-refractivity contribution in [2.75, 3.05) is 13.7 Å². The number of para-hydroxylation sites is 1. The molecule has 2 aromatic carbocycles. The molecule has 1 N–H and O–H groups in total. The Balaban J connectivity index is 1.76. The maximum absolute atomic E-state index is 13.0. The number of hydrogen-bond donors (Lipinski definition) is 1. The molecule has 4 rings (SSSR count). The second kappa shape index (κ2) is 9.28. The van der Waals surface area contributed by atoms with Gasteiger partial charge in [-0.15, -0.1) is 0 Å². The second-order valence-corrected chi connectivity index (χ2v) is 8.38. The van der Waals surface area contributed by atoms with Crippen LogP contribution in [-0.4, -0.2) is 29.5 Å². The van der Waals surface area contributed by atoms with Crippen molar-refractivity contribution in [2.45, 2.75) is 38.8 Å². The molecule has 7 heteroatoms. The number of Topliss-reactive ketones (excluding diaryl/α,β-unsaturated/α-hetero) is 1. The summed E-state index contributed by atoms with van der Waals surface area (Å²) in [5.41, 5.74) is 3.59. The first-order valence-corrected chi connectivity index (χ1v) is 11.2. The first-order chi connectivity index (χ1) is 15.0. The maximum atomic E-state index is 13.0. The van der Waals surface area contributed by atoms with Gasteiger partial charge in [0.1, 0.15) is 6.61 Å². The lowest BCUT2D eigenvalue weighted by Crippen LogP contribution is -2.49. The zero-order valence-electron chi connectivity index (χ0n) is 17.6. The Morgan fingerprint density at radius 2 is 2.03 bits per heavy atom. The fourth-order valence-electron chi connectivity index (χ4n) is 4.28. The summed E-state index contributed by atoms with van der Waals surface area (Å²) in [6.07, 6.45) is 2.24. The number of carbonyl (C=O) groups excluding carboxylic acids is 1. The van der Waals surface area contributed by atoms with E-state index in [0.717, 1.165) is 41.8 Å². The van der Waals surface area contributed by atoms with E-state index in [2.05, 4.69) is 5.32 Å². The number of hydrogen-bond acceptors (Lipinski definition) is 4. The molecule has 0 saturated carbocycles. The van der Waals surface area contributed by atoms with Crippen LogP contribution in [0.5, 0.6) is 11.5 Å². The first kappa shape index (κ1) is 21.7. The summed E-state index contributed by atoms with van der Waals surface area (Å²) in [5.74, 6) is 1.36. The lowest BCUT2D eigenvalue weighted by atomic mass is 9.84. The van der Waals surface area contributed by atoms with Gasteiger partial charge >= 0.3 is 0 Å². The molecule has 1 unspecified atom stereocenters. The number of thiocarbonyl (C=S) groups is 1. The lowest BCUT2D eigenvalue weighted by molar-refractivity contribution is -0.116. The summed E-state index contributed by atoms with van der Waals surface area (Å²) in [7, 11) is 1.61. The highest BCUT2D eigenvalue weighted by molar-refractivity contribution is 7.80. The Bertz CT molecular complexity index is 1050. The highest BCUT2D eigenvalue weighted by Crippen LogP contribution is 2.43. The summed E-state index contributed by atoms with van der Waals surface area (Å²) in [5, 5.41) is 4.67. The van der Waals surface area contributed by atoms with Gasteiger partial charge in [0, 0.05) is 34.8 Å². The fourth-order valence-corrected chi connectivity index (χ4v) is 4.85. The van der Waals surface area contributed by atoms with Gasteiger partial charge in [-0.05, 0) is 55.7 Å².